The summed E-state index contributed by atoms with van der Waals surface area (Å²) in [6.07, 6.45) is 0. The normalized spacial score (nSPS) is 12.2. The molecule has 7 nitrogen and oxygen atoms in total. The van der Waals surface area contributed by atoms with Crippen LogP contribution in [0.25, 0.3) is 0 Å². The van der Waals surface area contributed by atoms with Crippen LogP contribution in [0.3, 0.4) is 0 Å². The molecule has 1 atom stereocenters. The number of aliphatic carboxylic acids is 1. The molecule has 0 saturated carbocycles. The molecular weight excluding hydrogens is 264 g/mol. The topological polar surface area (TPSA) is 95.9 Å². The second kappa shape index (κ2) is 8.39. The number of esters is 1. The average Bonchev–Trinajstić information content (AvgIpc) is 2.34. The minimum atomic E-state index is -0.954. The molecule has 1 unspecified atom stereocenters. The third-order valence-electron chi connectivity index (χ3n) is 3.01. The number of carbonyl (C=O) groups excluding carboxylic acids is 2. The quantitative estimate of drug-likeness (QED) is 0.680. The molecular formula is C13H24N2O5. The Bertz CT molecular complexity index is 355. The number of hydrogen-bond acceptors (Lipinski definition) is 4. The molecule has 2 amide bonds. The fourth-order valence-corrected chi connectivity index (χ4v) is 1.60. The van der Waals surface area contributed by atoms with Crippen LogP contribution in [0.5, 0.6) is 0 Å². The van der Waals surface area contributed by atoms with Crippen molar-refractivity contribution in [2.75, 3.05) is 20.2 Å². The van der Waals surface area contributed by atoms with E-state index in [1.165, 1.54) is 12.0 Å². The maximum absolute atomic E-state index is 12.0. The lowest BCUT2D eigenvalue weighted by Crippen LogP contribution is -2.48. The van der Waals surface area contributed by atoms with E-state index in [0.717, 1.165) is 0 Å². The molecule has 0 aliphatic carbocycles. The maximum Gasteiger partial charge on any atom is 0.325 e. The Hall–Kier alpha value is -1.79. The molecule has 20 heavy (non-hydrogen) atoms. The van der Waals surface area contributed by atoms with Gasteiger partial charge in [0.15, 0.2) is 0 Å². The first-order chi connectivity index (χ1) is 9.20. The number of nitrogens with zero attached hydrogens (tertiary/aromatic N) is 1. The van der Waals surface area contributed by atoms with Crippen LogP contribution in [0.1, 0.15) is 27.7 Å². The second-order valence-electron chi connectivity index (χ2n) is 5.17. The molecule has 0 rings (SSSR count). The molecule has 0 spiro atoms. The van der Waals surface area contributed by atoms with Crippen molar-refractivity contribution in [2.24, 2.45) is 11.8 Å². The van der Waals surface area contributed by atoms with Gasteiger partial charge in [0.1, 0.15) is 6.54 Å². The van der Waals surface area contributed by atoms with Crippen LogP contribution >= 0.6 is 0 Å². The highest BCUT2D eigenvalue weighted by molar-refractivity contribution is 5.81. The van der Waals surface area contributed by atoms with E-state index in [1.54, 1.807) is 27.7 Å². The molecule has 0 heterocycles. The lowest BCUT2D eigenvalue weighted by Gasteiger charge is -2.27. The molecule has 0 aliphatic heterocycles. The van der Waals surface area contributed by atoms with Gasteiger partial charge in [0.05, 0.1) is 13.0 Å². The minimum absolute atomic E-state index is 0.0240. The van der Waals surface area contributed by atoms with E-state index in [9.17, 15) is 14.4 Å². The van der Waals surface area contributed by atoms with Crippen molar-refractivity contribution < 1.29 is 24.2 Å². The fraction of sp³-hybridized carbons (Fsp3) is 0.769. The van der Waals surface area contributed by atoms with E-state index in [4.69, 9.17) is 5.11 Å². The zero-order valence-corrected chi connectivity index (χ0v) is 12.7. The number of ether oxygens (including phenoxy) is 1. The number of rotatable bonds is 7. The van der Waals surface area contributed by atoms with Gasteiger partial charge in [0, 0.05) is 12.6 Å². The third kappa shape index (κ3) is 5.90. The molecule has 0 aromatic heterocycles. The first-order valence-corrected chi connectivity index (χ1v) is 6.54. The predicted molar refractivity (Wildman–Crippen MR) is 73.2 cm³/mol. The number of methoxy groups -OCH3 is 1. The number of urea groups is 1. The number of hydrogen-bond donors (Lipinski definition) is 2. The van der Waals surface area contributed by atoms with E-state index in [0.29, 0.717) is 0 Å². The van der Waals surface area contributed by atoms with E-state index in [-0.39, 0.29) is 25.0 Å². The highest BCUT2D eigenvalue weighted by atomic mass is 16.5. The zero-order chi connectivity index (χ0) is 15.9. The van der Waals surface area contributed by atoms with Crippen molar-refractivity contribution >= 4 is 18.0 Å². The largest absolute Gasteiger partial charge is 0.481 e. The molecule has 0 aromatic rings. The Kier molecular flexibility index (Phi) is 7.64. The lowest BCUT2D eigenvalue weighted by atomic mass is 9.96. The van der Waals surface area contributed by atoms with E-state index < -0.39 is 23.9 Å². The summed E-state index contributed by atoms with van der Waals surface area (Å²) in [6.45, 7) is 6.94. The molecule has 0 bridgehead atoms. The highest BCUT2D eigenvalue weighted by Crippen LogP contribution is 2.10. The van der Waals surface area contributed by atoms with Crippen molar-refractivity contribution in [3.63, 3.8) is 0 Å². The van der Waals surface area contributed by atoms with Gasteiger partial charge >= 0.3 is 18.0 Å². The van der Waals surface area contributed by atoms with Crippen LogP contribution in [0.2, 0.25) is 0 Å². The van der Waals surface area contributed by atoms with Crippen molar-refractivity contribution in [3.05, 3.63) is 0 Å². The van der Waals surface area contributed by atoms with Crippen LogP contribution < -0.4 is 5.32 Å². The molecule has 2 N–H and O–H groups in total. The summed E-state index contributed by atoms with van der Waals surface area (Å²) in [5, 5.41) is 11.6. The smallest absolute Gasteiger partial charge is 0.325 e. The number of amides is 2. The molecule has 0 saturated heterocycles. The predicted octanol–water partition coefficient (Wildman–Crippen LogP) is 0.936. The Morgan fingerprint density at radius 1 is 1.20 bits per heavy atom. The van der Waals surface area contributed by atoms with Crippen LogP contribution in [-0.2, 0) is 14.3 Å². The van der Waals surface area contributed by atoms with Gasteiger partial charge in [-0.1, -0.05) is 13.8 Å². The van der Waals surface area contributed by atoms with Crippen LogP contribution in [0.4, 0.5) is 4.79 Å². The summed E-state index contributed by atoms with van der Waals surface area (Å²) in [5.74, 6) is -2.23. The molecule has 7 heteroatoms. The lowest BCUT2D eigenvalue weighted by molar-refractivity contribution is -0.143. The summed E-state index contributed by atoms with van der Waals surface area (Å²) < 4.78 is 4.53. The first kappa shape index (κ1) is 18.2. The number of carbonyl (C=O) groups is 3. The highest BCUT2D eigenvalue weighted by Gasteiger charge is 2.25. The Balaban J connectivity index is 4.61. The standard InChI is InChI=1S/C13H24N2O5/c1-8(2)10(12(17)18)6-14-13(19)15(9(3)4)7-11(16)20-5/h8-10H,6-7H2,1-5H3,(H,14,19)(H,17,18). The van der Waals surface area contributed by atoms with Crippen LogP contribution in [0.15, 0.2) is 0 Å². The molecule has 0 radical (unpaired) electrons. The summed E-state index contributed by atoms with van der Waals surface area (Å²) in [5.41, 5.74) is 0. The van der Waals surface area contributed by atoms with Gasteiger partial charge in [0.25, 0.3) is 0 Å². The Morgan fingerprint density at radius 3 is 2.10 bits per heavy atom. The van der Waals surface area contributed by atoms with Crippen molar-refractivity contribution in [2.45, 2.75) is 33.7 Å². The number of carboxylic acid groups (broad SMARTS) is 1. The number of carboxylic acids is 1. The van der Waals surface area contributed by atoms with Crippen molar-refractivity contribution in [1.29, 1.82) is 0 Å². The van der Waals surface area contributed by atoms with E-state index in [2.05, 4.69) is 10.1 Å². The van der Waals surface area contributed by atoms with Gasteiger partial charge in [-0.25, -0.2) is 4.79 Å². The summed E-state index contributed by atoms with van der Waals surface area (Å²) in [6, 6.07) is -0.672. The second-order valence-corrected chi connectivity index (χ2v) is 5.17. The van der Waals surface area contributed by atoms with Gasteiger partial charge in [-0.2, -0.15) is 0 Å². The van der Waals surface area contributed by atoms with Gasteiger partial charge in [-0.05, 0) is 19.8 Å². The van der Waals surface area contributed by atoms with Crippen molar-refractivity contribution in [1.82, 2.24) is 10.2 Å². The molecule has 116 valence electrons. The summed E-state index contributed by atoms with van der Waals surface area (Å²) >= 11 is 0. The van der Waals surface area contributed by atoms with Gasteiger partial charge in [-0.3, -0.25) is 9.59 Å². The zero-order valence-electron chi connectivity index (χ0n) is 12.7. The van der Waals surface area contributed by atoms with Gasteiger partial charge < -0.3 is 20.1 Å². The first-order valence-electron chi connectivity index (χ1n) is 6.54. The van der Waals surface area contributed by atoms with E-state index in [1.807, 2.05) is 0 Å². The maximum atomic E-state index is 12.0. The van der Waals surface area contributed by atoms with E-state index >= 15 is 0 Å². The van der Waals surface area contributed by atoms with Crippen LogP contribution in [0, 0.1) is 11.8 Å². The van der Waals surface area contributed by atoms with Gasteiger partial charge in [0.2, 0.25) is 0 Å². The van der Waals surface area contributed by atoms with Gasteiger partial charge in [-0.15, -0.1) is 0 Å². The molecule has 0 aromatic carbocycles. The van der Waals surface area contributed by atoms with Crippen LogP contribution in [-0.4, -0.2) is 54.2 Å². The average molecular weight is 288 g/mol. The SMILES string of the molecule is COC(=O)CN(C(=O)NCC(C(=O)O)C(C)C)C(C)C. The fourth-order valence-electron chi connectivity index (χ4n) is 1.60. The monoisotopic (exact) mass is 288 g/mol. The molecule has 0 fully saturated rings. The Labute approximate surface area is 119 Å². The molecule has 0 aliphatic rings. The third-order valence-corrected chi connectivity index (χ3v) is 3.01. The summed E-state index contributed by atoms with van der Waals surface area (Å²) in [4.78, 5) is 35.6. The van der Waals surface area contributed by atoms with Crippen molar-refractivity contribution in [3.8, 4) is 0 Å². The number of nitrogens with one attached hydrogen (secondary N) is 1. The summed E-state index contributed by atoms with van der Waals surface area (Å²) in [7, 11) is 1.25. The minimum Gasteiger partial charge on any atom is -0.481 e. The Morgan fingerprint density at radius 2 is 1.75 bits per heavy atom.